The van der Waals surface area contributed by atoms with Crippen LogP contribution in [0.1, 0.15) is 10.6 Å². The number of rotatable bonds is 7. The Kier molecular flexibility index (Phi) is 6.29. The molecular formula is C17H23N3O7S2. The van der Waals surface area contributed by atoms with E-state index in [1.54, 1.807) is 0 Å². The summed E-state index contributed by atoms with van der Waals surface area (Å²) >= 11 is 0. The highest BCUT2D eigenvalue weighted by atomic mass is 32.2. The molecule has 29 heavy (non-hydrogen) atoms. The summed E-state index contributed by atoms with van der Waals surface area (Å²) in [6, 6.07) is 5.82. The Morgan fingerprint density at radius 3 is 2.45 bits per heavy atom. The number of nitrogens with zero attached hydrogens (tertiary/aromatic N) is 2. The van der Waals surface area contributed by atoms with Crippen molar-refractivity contribution < 1.29 is 30.8 Å². The van der Waals surface area contributed by atoms with E-state index >= 15 is 0 Å². The topological polar surface area (TPSA) is 126 Å². The lowest BCUT2D eigenvalue weighted by atomic mass is 10.2. The smallest absolute Gasteiger partial charge is 0.289 e. The van der Waals surface area contributed by atoms with Gasteiger partial charge in [0.05, 0.1) is 17.3 Å². The number of benzene rings is 1. The first-order valence-corrected chi connectivity index (χ1v) is 12.0. The molecule has 1 aliphatic rings. The first kappa shape index (κ1) is 21.7. The number of nitrogens with one attached hydrogen (secondary N) is 1. The van der Waals surface area contributed by atoms with E-state index in [4.69, 9.17) is 9.15 Å². The molecule has 0 bridgehead atoms. The van der Waals surface area contributed by atoms with Gasteiger partial charge in [-0.15, -0.1) is 0 Å². The van der Waals surface area contributed by atoms with Gasteiger partial charge in [-0.05, 0) is 31.3 Å². The fourth-order valence-electron chi connectivity index (χ4n) is 3.05. The monoisotopic (exact) mass is 445 g/mol. The molecule has 0 spiro atoms. The van der Waals surface area contributed by atoms with Crippen molar-refractivity contribution in [2.75, 3.05) is 52.7 Å². The van der Waals surface area contributed by atoms with Gasteiger partial charge in [-0.1, -0.05) is 0 Å². The summed E-state index contributed by atoms with van der Waals surface area (Å²) in [5.74, 6) is -0.387. The Hall–Kier alpha value is -1.99. The molecule has 3 rings (SSSR count). The van der Waals surface area contributed by atoms with Gasteiger partial charge in [-0.3, -0.25) is 4.79 Å². The zero-order valence-electron chi connectivity index (χ0n) is 16.1. The van der Waals surface area contributed by atoms with Crippen molar-refractivity contribution in [2.24, 2.45) is 0 Å². The van der Waals surface area contributed by atoms with E-state index in [2.05, 4.69) is 4.72 Å². The Balaban J connectivity index is 1.72. The van der Waals surface area contributed by atoms with Crippen molar-refractivity contribution in [2.45, 2.75) is 4.90 Å². The summed E-state index contributed by atoms with van der Waals surface area (Å²) < 4.78 is 62.3. The minimum atomic E-state index is -3.61. The predicted octanol–water partition coefficient (Wildman–Crippen LogP) is 0.0749. The largest absolute Gasteiger partial charge is 0.451 e. The molecule has 12 heteroatoms. The Bertz CT molecular complexity index is 1100. The molecule has 2 heterocycles. The molecule has 0 saturated carbocycles. The van der Waals surface area contributed by atoms with Crippen LogP contribution < -0.4 is 4.72 Å². The van der Waals surface area contributed by atoms with Crippen LogP contribution in [0, 0.1) is 0 Å². The number of fused-ring (bicyclic) bond motifs is 1. The van der Waals surface area contributed by atoms with Crippen LogP contribution in [-0.2, 0) is 24.8 Å². The lowest BCUT2D eigenvalue weighted by Gasteiger charge is -2.33. The summed E-state index contributed by atoms with van der Waals surface area (Å²) in [6.45, 7) is 0.986. The number of sulfonamides is 2. The molecule has 0 atom stereocenters. The SMILES string of the molecule is CNS(=O)(=O)c1ccc2oc(C(=O)N3CCN(S(=O)(=O)CCOC)CC3)cc2c1. The van der Waals surface area contributed by atoms with Crippen molar-refractivity contribution in [1.82, 2.24) is 13.9 Å². The third-order valence-corrected chi connectivity index (χ3v) is 7.99. The lowest BCUT2D eigenvalue weighted by Crippen LogP contribution is -2.51. The van der Waals surface area contributed by atoms with Crippen LogP contribution in [0.15, 0.2) is 33.6 Å². The minimum absolute atomic E-state index is 0.0715. The molecular weight excluding hydrogens is 422 g/mol. The average Bonchev–Trinajstić information content (AvgIpc) is 3.15. The van der Waals surface area contributed by atoms with E-state index in [1.165, 1.54) is 47.6 Å². The first-order valence-electron chi connectivity index (χ1n) is 8.91. The second kappa shape index (κ2) is 8.40. The lowest BCUT2D eigenvalue weighted by molar-refractivity contribution is 0.0668. The predicted molar refractivity (Wildman–Crippen MR) is 106 cm³/mol. The van der Waals surface area contributed by atoms with Crippen molar-refractivity contribution in [3.63, 3.8) is 0 Å². The number of furan rings is 1. The maximum absolute atomic E-state index is 12.7. The van der Waals surface area contributed by atoms with Gasteiger partial charge in [0.15, 0.2) is 5.76 Å². The van der Waals surface area contributed by atoms with E-state index in [0.29, 0.717) is 11.0 Å². The van der Waals surface area contributed by atoms with Crippen molar-refractivity contribution in [3.8, 4) is 0 Å². The van der Waals surface area contributed by atoms with Crippen LogP contribution in [0.2, 0.25) is 0 Å². The van der Waals surface area contributed by atoms with Crippen molar-refractivity contribution >= 4 is 36.9 Å². The highest BCUT2D eigenvalue weighted by molar-refractivity contribution is 7.89. The van der Waals surface area contributed by atoms with Crippen LogP contribution in [0.4, 0.5) is 0 Å². The molecule has 10 nitrogen and oxygen atoms in total. The number of hydrogen-bond acceptors (Lipinski definition) is 7. The number of methoxy groups -OCH3 is 1. The zero-order valence-corrected chi connectivity index (χ0v) is 17.8. The van der Waals surface area contributed by atoms with Gasteiger partial charge in [0, 0.05) is 38.7 Å². The van der Waals surface area contributed by atoms with Gasteiger partial charge in [0.2, 0.25) is 20.0 Å². The third-order valence-electron chi connectivity index (χ3n) is 4.74. The Labute approximate surface area is 169 Å². The van der Waals surface area contributed by atoms with E-state index in [0.717, 1.165) is 0 Å². The van der Waals surface area contributed by atoms with Gasteiger partial charge in [0.1, 0.15) is 5.58 Å². The average molecular weight is 446 g/mol. The number of piperazine rings is 1. The number of amides is 1. The first-order chi connectivity index (χ1) is 13.7. The van der Waals surface area contributed by atoms with Crippen molar-refractivity contribution in [3.05, 3.63) is 30.0 Å². The highest BCUT2D eigenvalue weighted by Gasteiger charge is 2.30. The molecule has 0 radical (unpaired) electrons. The Morgan fingerprint density at radius 2 is 1.83 bits per heavy atom. The molecule has 0 aliphatic carbocycles. The summed E-state index contributed by atoms with van der Waals surface area (Å²) in [5, 5.41) is 0.491. The maximum Gasteiger partial charge on any atom is 0.289 e. The van der Waals surface area contributed by atoms with E-state index in [1.807, 2.05) is 0 Å². The maximum atomic E-state index is 12.7. The molecule has 1 aliphatic heterocycles. The molecule has 1 N–H and O–H groups in total. The van der Waals surface area contributed by atoms with E-state index < -0.39 is 20.0 Å². The van der Waals surface area contributed by atoms with E-state index in [-0.39, 0.29) is 55.1 Å². The molecule has 1 aromatic carbocycles. The summed E-state index contributed by atoms with van der Waals surface area (Å²) in [7, 11) is -4.26. The van der Waals surface area contributed by atoms with Gasteiger partial charge in [-0.2, -0.15) is 4.31 Å². The Morgan fingerprint density at radius 1 is 1.14 bits per heavy atom. The van der Waals surface area contributed by atoms with Crippen molar-refractivity contribution in [1.29, 1.82) is 0 Å². The summed E-state index contributed by atoms with van der Waals surface area (Å²) in [4.78, 5) is 14.3. The van der Waals surface area contributed by atoms with Crippen LogP contribution in [-0.4, -0.2) is 84.6 Å². The third kappa shape index (κ3) is 4.61. The number of carbonyl (C=O) groups excluding carboxylic acids is 1. The fourth-order valence-corrected chi connectivity index (χ4v) is 5.17. The fraction of sp³-hybridized carbons (Fsp3) is 0.471. The van der Waals surface area contributed by atoms with Gasteiger partial charge >= 0.3 is 0 Å². The quantitative estimate of drug-likeness (QED) is 0.639. The molecule has 1 aromatic heterocycles. The molecule has 0 unspecified atom stereocenters. The standard InChI is InChI=1S/C17H23N3O7S2/c1-18-29(24,25)14-3-4-15-13(11-14)12-16(27-15)17(21)19-5-7-20(8-6-19)28(22,23)10-9-26-2/h3-4,11-12,18H,5-10H2,1-2H3. The minimum Gasteiger partial charge on any atom is -0.451 e. The van der Waals surface area contributed by atoms with Crippen LogP contribution in [0.5, 0.6) is 0 Å². The molecule has 1 saturated heterocycles. The molecule has 1 amide bonds. The summed E-state index contributed by atoms with van der Waals surface area (Å²) in [6.07, 6.45) is 0. The van der Waals surface area contributed by atoms with Crippen LogP contribution in [0.25, 0.3) is 11.0 Å². The van der Waals surface area contributed by atoms with Crippen LogP contribution in [0.3, 0.4) is 0 Å². The molecule has 2 aromatic rings. The highest BCUT2D eigenvalue weighted by Crippen LogP contribution is 2.24. The normalized spacial score (nSPS) is 16.4. The second-order valence-corrected chi connectivity index (χ2v) is 10.5. The molecule has 160 valence electrons. The van der Waals surface area contributed by atoms with Gasteiger partial charge in [-0.25, -0.2) is 21.6 Å². The molecule has 1 fully saturated rings. The number of carbonyl (C=O) groups is 1. The zero-order chi connectivity index (χ0) is 21.2. The van der Waals surface area contributed by atoms with Gasteiger partial charge in [0.25, 0.3) is 5.91 Å². The number of ether oxygens (including phenoxy) is 1. The second-order valence-electron chi connectivity index (χ2n) is 6.52. The van der Waals surface area contributed by atoms with Gasteiger partial charge < -0.3 is 14.1 Å². The van der Waals surface area contributed by atoms with E-state index in [9.17, 15) is 21.6 Å². The van der Waals surface area contributed by atoms with Crippen LogP contribution >= 0.6 is 0 Å². The number of hydrogen-bond donors (Lipinski definition) is 1. The summed E-state index contributed by atoms with van der Waals surface area (Å²) in [5.41, 5.74) is 0.393.